The maximum Gasteiger partial charge on any atom is 0.238 e. The van der Waals surface area contributed by atoms with Gasteiger partial charge in [-0.25, -0.2) is 23.4 Å². The first kappa shape index (κ1) is 21.6. The van der Waals surface area contributed by atoms with Crippen molar-refractivity contribution < 1.29 is 13.2 Å². The fraction of sp³-hybridized carbons (Fsp3) is 0.167. The van der Waals surface area contributed by atoms with Crippen LogP contribution in [0.25, 0.3) is 22.0 Å². The molecule has 34 heavy (non-hydrogen) atoms. The Bertz CT molecular complexity index is 1550. The standard InChI is InChI=1S/C24H20N6O3S/c1-34(31,32)14-15-2-6-18(7-3-15)29-24-28-12-17-5-4-16(10-21(17)30-24)20-13-27-23-22(19(20)11-25)26-8-9-33-23/h2-7,10,12-13,26H,8-9,14H2,1H3,(H,28,29,30). The van der Waals surface area contributed by atoms with Gasteiger partial charge in [0.1, 0.15) is 18.4 Å². The molecule has 0 radical (unpaired) electrons. The summed E-state index contributed by atoms with van der Waals surface area (Å²) in [5.74, 6) is 0.829. The first-order valence-corrected chi connectivity index (χ1v) is 12.6. The molecule has 2 aromatic carbocycles. The number of pyridine rings is 1. The number of benzene rings is 2. The summed E-state index contributed by atoms with van der Waals surface area (Å²) in [6, 6.07) is 15.1. The van der Waals surface area contributed by atoms with Crippen LogP contribution in [-0.2, 0) is 15.6 Å². The highest BCUT2D eigenvalue weighted by atomic mass is 32.2. The molecule has 0 unspecified atom stereocenters. The Labute approximate surface area is 196 Å². The van der Waals surface area contributed by atoms with Crippen molar-refractivity contribution in [3.05, 3.63) is 66.0 Å². The number of anilines is 3. The normalized spacial score (nSPS) is 12.8. The number of rotatable bonds is 5. The topological polar surface area (TPSA) is 130 Å². The molecule has 9 nitrogen and oxygen atoms in total. The highest BCUT2D eigenvalue weighted by Crippen LogP contribution is 2.36. The summed E-state index contributed by atoms with van der Waals surface area (Å²) in [5.41, 5.74) is 4.74. The van der Waals surface area contributed by atoms with E-state index in [1.165, 1.54) is 6.26 Å². The van der Waals surface area contributed by atoms with Crippen LogP contribution >= 0.6 is 0 Å². The molecule has 0 aliphatic carbocycles. The number of nitrogens with zero attached hydrogens (tertiary/aromatic N) is 4. The van der Waals surface area contributed by atoms with Crippen LogP contribution in [0.5, 0.6) is 5.88 Å². The second kappa shape index (κ2) is 8.61. The van der Waals surface area contributed by atoms with Crippen LogP contribution in [-0.4, -0.2) is 42.8 Å². The molecule has 0 spiro atoms. The molecule has 3 heterocycles. The van der Waals surface area contributed by atoms with Crippen molar-refractivity contribution >= 4 is 38.1 Å². The van der Waals surface area contributed by atoms with Crippen molar-refractivity contribution in [2.24, 2.45) is 0 Å². The zero-order valence-electron chi connectivity index (χ0n) is 18.2. The van der Waals surface area contributed by atoms with Gasteiger partial charge in [-0.2, -0.15) is 5.26 Å². The lowest BCUT2D eigenvalue weighted by Crippen LogP contribution is -2.20. The van der Waals surface area contributed by atoms with Crippen molar-refractivity contribution in [1.82, 2.24) is 15.0 Å². The fourth-order valence-corrected chi connectivity index (χ4v) is 4.59. The molecule has 0 saturated heterocycles. The molecule has 1 aliphatic heterocycles. The number of hydrogen-bond donors (Lipinski definition) is 2. The molecule has 0 bridgehead atoms. The van der Waals surface area contributed by atoms with Crippen LogP contribution in [0.4, 0.5) is 17.3 Å². The third-order valence-electron chi connectivity index (χ3n) is 5.33. The SMILES string of the molecule is CS(=O)(=O)Cc1ccc(Nc2ncc3ccc(-c4cnc5c(c4C#N)NCCO5)cc3n2)cc1. The second-order valence-corrected chi connectivity index (χ2v) is 10.1. The second-order valence-electron chi connectivity index (χ2n) is 7.97. The first-order valence-electron chi connectivity index (χ1n) is 10.5. The third kappa shape index (κ3) is 4.46. The van der Waals surface area contributed by atoms with Crippen LogP contribution in [0, 0.1) is 11.3 Å². The van der Waals surface area contributed by atoms with Crippen LogP contribution in [0.1, 0.15) is 11.1 Å². The van der Waals surface area contributed by atoms with E-state index in [4.69, 9.17) is 4.74 Å². The van der Waals surface area contributed by atoms with Gasteiger partial charge in [0.25, 0.3) is 0 Å². The molecular weight excluding hydrogens is 452 g/mol. The number of aromatic nitrogens is 3. The summed E-state index contributed by atoms with van der Waals surface area (Å²) in [6.45, 7) is 1.12. The quantitative estimate of drug-likeness (QED) is 0.447. The average molecular weight is 473 g/mol. The maximum atomic E-state index is 11.5. The van der Waals surface area contributed by atoms with Gasteiger partial charge in [-0.15, -0.1) is 0 Å². The molecule has 5 rings (SSSR count). The van der Waals surface area contributed by atoms with E-state index in [1.807, 2.05) is 18.2 Å². The molecule has 170 valence electrons. The number of fused-ring (bicyclic) bond motifs is 2. The van der Waals surface area contributed by atoms with Gasteiger partial charge in [-0.3, -0.25) is 0 Å². The maximum absolute atomic E-state index is 11.5. The van der Waals surface area contributed by atoms with Crippen molar-refractivity contribution in [2.45, 2.75) is 5.75 Å². The molecule has 2 aromatic heterocycles. The molecule has 10 heteroatoms. The summed E-state index contributed by atoms with van der Waals surface area (Å²) >= 11 is 0. The van der Waals surface area contributed by atoms with E-state index in [1.54, 1.807) is 36.7 Å². The fourth-order valence-electron chi connectivity index (χ4n) is 3.79. The van der Waals surface area contributed by atoms with Crippen LogP contribution in [0.15, 0.2) is 54.9 Å². The molecule has 2 N–H and O–H groups in total. The highest BCUT2D eigenvalue weighted by Gasteiger charge is 2.20. The van der Waals surface area contributed by atoms with Crippen LogP contribution in [0.3, 0.4) is 0 Å². The number of nitrogens with one attached hydrogen (secondary N) is 2. The Morgan fingerprint density at radius 2 is 1.97 bits per heavy atom. The first-order chi connectivity index (χ1) is 16.4. The Balaban J connectivity index is 1.45. The average Bonchev–Trinajstić information content (AvgIpc) is 2.83. The zero-order chi connectivity index (χ0) is 23.7. The van der Waals surface area contributed by atoms with Crippen molar-refractivity contribution in [3.8, 4) is 23.1 Å². The molecule has 0 fully saturated rings. The molecule has 0 atom stereocenters. The number of ether oxygens (including phenoxy) is 1. The van der Waals surface area contributed by atoms with E-state index in [0.717, 1.165) is 16.6 Å². The minimum Gasteiger partial charge on any atom is -0.474 e. The number of nitriles is 1. The van der Waals surface area contributed by atoms with Gasteiger partial charge >= 0.3 is 0 Å². The van der Waals surface area contributed by atoms with E-state index < -0.39 is 9.84 Å². The molecule has 0 amide bonds. The van der Waals surface area contributed by atoms with E-state index >= 15 is 0 Å². The number of hydrogen-bond acceptors (Lipinski definition) is 9. The lowest BCUT2D eigenvalue weighted by Gasteiger charge is -2.20. The minimum atomic E-state index is -3.09. The summed E-state index contributed by atoms with van der Waals surface area (Å²) in [4.78, 5) is 13.4. The Kier molecular flexibility index (Phi) is 5.47. The van der Waals surface area contributed by atoms with Crippen LogP contribution < -0.4 is 15.4 Å². The van der Waals surface area contributed by atoms with E-state index in [-0.39, 0.29) is 5.75 Å². The molecular formula is C24H20N6O3S. The van der Waals surface area contributed by atoms with Crippen LogP contribution in [0.2, 0.25) is 0 Å². The summed E-state index contributed by atoms with van der Waals surface area (Å²) in [7, 11) is -3.09. The zero-order valence-corrected chi connectivity index (χ0v) is 19.1. The third-order valence-corrected chi connectivity index (χ3v) is 6.19. The monoisotopic (exact) mass is 472 g/mol. The van der Waals surface area contributed by atoms with Crippen molar-refractivity contribution in [2.75, 3.05) is 30.0 Å². The summed E-state index contributed by atoms with van der Waals surface area (Å²) in [5, 5.41) is 17.0. The Hall–Kier alpha value is -4.23. The predicted molar refractivity (Wildman–Crippen MR) is 130 cm³/mol. The predicted octanol–water partition coefficient (Wildman–Crippen LogP) is 3.66. The Morgan fingerprint density at radius 1 is 1.15 bits per heavy atom. The van der Waals surface area contributed by atoms with E-state index in [9.17, 15) is 13.7 Å². The summed E-state index contributed by atoms with van der Waals surface area (Å²) < 4.78 is 28.5. The van der Waals surface area contributed by atoms with Gasteiger partial charge in [0.2, 0.25) is 11.8 Å². The smallest absolute Gasteiger partial charge is 0.238 e. The van der Waals surface area contributed by atoms with E-state index in [2.05, 4.69) is 31.7 Å². The lowest BCUT2D eigenvalue weighted by atomic mass is 10.00. The lowest BCUT2D eigenvalue weighted by molar-refractivity contribution is 0.310. The van der Waals surface area contributed by atoms with Crippen molar-refractivity contribution in [1.29, 1.82) is 5.26 Å². The van der Waals surface area contributed by atoms with Gasteiger partial charge < -0.3 is 15.4 Å². The van der Waals surface area contributed by atoms with E-state index in [0.29, 0.717) is 52.9 Å². The molecule has 0 saturated carbocycles. The molecule has 4 aromatic rings. The summed E-state index contributed by atoms with van der Waals surface area (Å²) in [6.07, 6.45) is 4.57. The van der Waals surface area contributed by atoms with Gasteiger partial charge in [-0.05, 0) is 29.3 Å². The van der Waals surface area contributed by atoms with Gasteiger partial charge in [0, 0.05) is 41.8 Å². The van der Waals surface area contributed by atoms with Gasteiger partial charge in [0.05, 0.1) is 16.8 Å². The van der Waals surface area contributed by atoms with Gasteiger partial charge in [-0.1, -0.05) is 24.3 Å². The van der Waals surface area contributed by atoms with Crippen molar-refractivity contribution in [3.63, 3.8) is 0 Å². The highest BCUT2D eigenvalue weighted by molar-refractivity contribution is 7.89. The largest absolute Gasteiger partial charge is 0.474 e. The Morgan fingerprint density at radius 3 is 2.74 bits per heavy atom. The minimum absolute atomic E-state index is 0.00753. The number of sulfone groups is 1. The van der Waals surface area contributed by atoms with Gasteiger partial charge in [0.15, 0.2) is 9.84 Å². The molecule has 1 aliphatic rings.